The van der Waals surface area contributed by atoms with Crippen molar-refractivity contribution in [3.8, 4) is 0 Å². The van der Waals surface area contributed by atoms with Crippen molar-refractivity contribution in [3.05, 3.63) is 59.5 Å². The molecule has 5 nitrogen and oxygen atoms in total. The molecule has 2 rings (SSSR count). The van der Waals surface area contributed by atoms with Gasteiger partial charge in [0.05, 0.1) is 11.5 Å². The number of aryl methyl sites for hydroxylation is 1. The van der Waals surface area contributed by atoms with Gasteiger partial charge in [-0.25, -0.2) is 8.42 Å². The number of furan rings is 1. The minimum absolute atomic E-state index is 0.0234. The van der Waals surface area contributed by atoms with E-state index in [0.29, 0.717) is 6.42 Å². The van der Waals surface area contributed by atoms with Crippen LogP contribution in [0.15, 0.2) is 46.9 Å². The van der Waals surface area contributed by atoms with E-state index in [9.17, 15) is 13.2 Å². The van der Waals surface area contributed by atoms with Crippen molar-refractivity contribution in [1.82, 2.24) is 5.32 Å². The average Bonchev–Trinajstić information content (AvgIpc) is 2.96. The summed E-state index contributed by atoms with van der Waals surface area (Å²) in [6, 6.07) is 12.3. The van der Waals surface area contributed by atoms with Gasteiger partial charge < -0.3 is 9.73 Å². The third-order valence-corrected chi connectivity index (χ3v) is 4.76. The summed E-state index contributed by atoms with van der Waals surface area (Å²) in [5, 5.41) is 2.57. The Kier molecular flexibility index (Phi) is 5.38. The normalized spacial score (nSPS) is 11.3. The van der Waals surface area contributed by atoms with E-state index in [4.69, 9.17) is 4.42 Å². The number of amides is 1. The molecule has 0 spiro atoms. The summed E-state index contributed by atoms with van der Waals surface area (Å²) in [6.45, 7) is 1.99. The second-order valence-corrected chi connectivity index (χ2v) is 7.14. The summed E-state index contributed by atoms with van der Waals surface area (Å²) < 4.78 is 29.3. The van der Waals surface area contributed by atoms with Crippen LogP contribution in [0.2, 0.25) is 0 Å². The van der Waals surface area contributed by atoms with Gasteiger partial charge in [0.25, 0.3) is 5.91 Å². The van der Waals surface area contributed by atoms with Gasteiger partial charge in [-0.05, 0) is 17.7 Å². The quantitative estimate of drug-likeness (QED) is 0.848. The van der Waals surface area contributed by atoms with Crippen LogP contribution in [-0.4, -0.2) is 26.6 Å². The van der Waals surface area contributed by atoms with Crippen molar-refractivity contribution >= 4 is 15.7 Å². The Morgan fingerprint density at radius 2 is 1.86 bits per heavy atom. The Balaban J connectivity index is 1.83. The number of carbonyl (C=O) groups is 1. The molecule has 0 atom stereocenters. The van der Waals surface area contributed by atoms with E-state index < -0.39 is 15.7 Å². The second kappa shape index (κ2) is 7.26. The fraction of sp³-hybridized carbons (Fsp3) is 0.312. The second-order valence-electron chi connectivity index (χ2n) is 4.95. The molecule has 22 heavy (non-hydrogen) atoms. The first-order valence-electron chi connectivity index (χ1n) is 7.11. The third-order valence-electron chi connectivity index (χ3n) is 3.16. The summed E-state index contributed by atoms with van der Waals surface area (Å²) in [7, 11) is -3.26. The predicted molar refractivity (Wildman–Crippen MR) is 84.4 cm³/mol. The van der Waals surface area contributed by atoms with E-state index >= 15 is 0 Å². The molecule has 2 aromatic rings. The molecule has 1 amide bonds. The van der Waals surface area contributed by atoms with E-state index in [1.807, 2.05) is 13.0 Å². The van der Waals surface area contributed by atoms with Gasteiger partial charge in [-0.3, -0.25) is 4.79 Å². The fourth-order valence-corrected chi connectivity index (χ4v) is 3.26. The summed E-state index contributed by atoms with van der Waals surface area (Å²) in [5.41, 5.74) is 0.743. The van der Waals surface area contributed by atoms with Crippen molar-refractivity contribution in [2.75, 3.05) is 12.3 Å². The van der Waals surface area contributed by atoms with E-state index in [-0.39, 0.29) is 23.8 Å². The molecule has 0 saturated carbocycles. The van der Waals surface area contributed by atoms with Gasteiger partial charge in [-0.2, -0.15) is 0 Å². The van der Waals surface area contributed by atoms with Gasteiger partial charge in [0.1, 0.15) is 5.76 Å². The smallest absolute Gasteiger partial charge is 0.287 e. The molecule has 1 aromatic heterocycles. The zero-order valence-corrected chi connectivity index (χ0v) is 13.2. The molecule has 0 bridgehead atoms. The zero-order valence-electron chi connectivity index (χ0n) is 12.4. The van der Waals surface area contributed by atoms with Crippen LogP contribution >= 0.6 is 0 Å². The molecule has 6 heteroatoms. The van der Waals surface area contributed by atoms with Crippen LogP contribution in [0, 0.1) is 0 Å². The molecular weight excluding hydrogens is 302 g/mol. The monoisotopic (exact) mass is 321 g/mol. The Morgan fingerprint density at radius 1 is 1.14 bits per heavy atom. The molecule has 0 saturated heterocycles. The van der Waals surface area contributed by atoms with Crippen LogP contribution in [0.25, 0.3) is 0 Å². The first-order chi connectivity index (χ1) is 10.5. The Bertz CT molecular complexity index is 720. The van der Waals surface area contributed by atoms with E-state index in [1.54, 1.807) is 36.4 Å². The van der Waals surface area contributed by atoms with Crippen molar-refractivity contribution in [3.63, 3.8) is 0 Å². The standard InChI is InChI=1S/C16H19NO4S/c1-2-14-8-9-15(21-14)16(18)17-10-11-22(19,20)12-13-6-4-3-5-7-13/h3-9H,2,10-12H2,1H3,(H,17,18). The van der Waals surface area contributed by atoms with E-state index in [0.717, 1.165) is 11.3 Å². The van der Waals surface area contributed by atoms with Crippen LogP contribution in [0.1, 0.15) is 28.8 Å². The molecule has 1 aromatic carbocycles. The van der Waals surface area contributed by atoms with Crippen molar-refractivity contribution in [1.29, 1.82) is 0 Å². The van der Waals surface area contributed by atoms with Crippen LogP contribution in [-0.2, 0) is 22.0 Å². The van der Waals surface area contributed by atoms with Crippen LogP contribution in [0.5, 0.6) is 0 Å². The van der Waals surface area contributed by atoms with Crippen LogP contribution in [0.3, 0.4) is 0 Å². The number of hydrogen-bond donors (Lipinski definition) is 1. The number of carbonyl (C=O) groups excluding carboxylic acids is 1. The lowest BCUT2D eigenvalue weighted by molar-refractivity contribution is 0.0927. The Morgan fingerprint density at radius 3 is 2.50 bits per heavy atom. The highest BCUT2D eigenvalue weighted by atomic mass is 32.2. The predicted octanol–water partition coefficient (Wildman–Crippen LogP) is 2.19. The number of hydrogen-bond acceptors (Lipinski definition) is 4. The van der Waals surface area contributed by atoms with Crippen LogP contribution < -0.4 is 5.32 Å². The lowest BCUT2D eigenvalue weighted by atomic mass is 10.2. The minimum atomic E-state index is -3.26. The average molecular weight is 321 g/mol. The van der Waals surface area contributed by atoms with E-state index in [1.165, 1.54) is 0 Å². The Hall–Kier alpha value is -2.08. The number of benzene rings is 1. The summed E-state index contributed by atoms with van der Waals surface area (Å²) in [6.07, 6.45) is 0.707. The molecule has 1 heterocycles. The van der Waals surface area contributed by atoms with Crippen LogP contribution in [0.4, 0.5) is 0 Å². The maximum atomic E-state index is 12.0. The van der Waals surface area contributed by atoms with Crippen molar-refractivity contribution in [2.45, 2.75) is 19.1 Å². The molecule has 118 valence electrons. The number of nitrogens with one attached hydrogen (secondary N) is 1. The molecule has 0 fully saturated rings. The van der Waals surface area contributed by atoms with Gasteiger partial charge in [0, 0.05) is 13.0 Å². The molecule has 0 aliphatic rings. The molecule has 0 aliphatic carbocycles. The number of sulfone groups is 1. The van der Waals surface area contributed by atoms with Gasteiger partial charge in [-0.15, -0.1) is 0 Å². The van der Waals surface area contributed by atoms with Crippen molar-refractivity contribution < 1.29 is 17.6 Å². The summed E-state index contributed by atoms with van der Waals surface area (Å²) in [5.74, 6) is 0.410. The molecule has 0 unspecified atom stereocenters. The third kappa shape index (κ3) is 4.73. The molecule has 1 N–H and O–H groups in total. The first-order valence-corrected chi connectivity index (χ1v) is 8.93. The highest BCUT2D eigenvalue weighted by Gasteiger charge is 2.14. The van der Waals surface area contributed by atoms with Gasteiger partial charge in [0.2, 0.25) is 0 Å². The lowest BCUT2D eigenvalue weighted by Crippen LogP contribution is -2.29. The van der Waals surface area contributed by atoms with Gasteiger partial charge in [0.15, 0.2) is 15.6 Å². The molecule has 0 radical (unpaired) electrons. The first kappa shape index (κ1) is 16.3. The molecule has 0 aliphatic heterocycles. The van der Waals surface area contributed by atoms with Gasteiger partial charge >= 0.3 is 0 Å². The van der Waals surface area contributed by atoms with E-state index in [2.05, 4.69) is 5.32 Å². The lowest BCUT2D eigenvalue weighted by Gasteiger charge is -2.05. The minimum Gasteiger partial charge on any atom is -0.456 e. The van der Waals surface area contributed by atoms with Gasteiger partial charge in [-0.1, -0.05) is 37.3 Å². The topological polar surface area (TPSA) is 76.4 Å². The summed E-state index contributed by atoms with van der Waals surface area (Å²) in [4.78, 5) is 11.8. The highest BCUT2D eigenvalue weighted by molar-refractivity contribution is 7.90. The fourth-order valence-electron chi connectivity index (χ4n) is 2.00. The largest absolute Gasteiger partial charge is 0.456 e. The Labute approximate surface area is 130 Å². The molecular formula is C16H19NO4S. The summed E-state index contributed by atoms with van der Waals surface area (Å²) >= 11 is 0. The SMILES string of the molecule is CCc1ccc(C(=O)NCCS(=O)(=O)Cc2ccccc2)o1. The zero-order chi connectivity index (χ0) is 16.0. The maximum Gasteiger partial charge on any atom is 0.287 e. The van der Waals surface area contributed by atoms with Crippen molar-refractivity contribution in [2.24, 2.45) is 0 Å². The highest BCUT2D eigenvalue weighted by Crippen LogP contribution is 2.08. The maximum absolute atomic E-state index is 12.0. The number of rotatable bonds is 7.